The van der Waals surface area contributed by atoms with Crippen LogP contribution in [0, 0.1) is 5.92 Å². The first-order chi connectivity index (χ1) is 6.24. The maximum absolute atomic E-state index is 11.1. The molecule has 1 aliphatic carbocycles. The Morgan fingerprint density at radius 2 is 1.85 bits per heavy atom. The lowest BCUT2D eigenvalue weighted by molar-refractivity contribution is -0.128. The number of carbonyl (C=O) groups excluding carboxylic acids is 3. The van der Waals surface area contributed by atoms with Crippen LogP contribution in [0.15, 0.2) is 0 Å². The summed E-state index contributed by atoms with van der Waals surface area (Å²) < 4.78 is 0. The van der Waals surface area contributed by atoms with Crippen LogP contribution in [0.5, 0.6) is 0 Å². The highest BCUT2D eigenvalue weighted by Gasteiger charge is 2.28. The van der Waals surface area contributed by atoms with E-state index in [4.69, 9.17) is 0 Å². The minimum atomic E-state index is -0.420. The molecule has 0 spiro atoms. The molecule has 0 saturated heterocycles. The minimum Gasteiger partial charge on any atom is -0.298 e. The van der Waals surface area contributed by atoms with E-state index in [1.807, 2.05) is 0 Å². The predicted molar refractivity (Wildman–Crippen MR) is 53.7 cm³/mol. The van der Waals surface area contributed by atoms with Gasteiger partial charge in [0, 0.05) is 5.92 Å². The van der Waals surface area contributed by atoms with E-state index < -0.39 is 5.78 Å². The topological polar surface area (TPSA) is 51.2 Å². The van der Waals surface area contributed by atoms with E-state index >= 15 is 0 Å². The standard InChI is InChI=1S/C8H10O3S2/c9-3-7(10)4-12-13-5-8(11)6-1-2-6/h3,6H,1-2,4-5H2. The van der Waals surface area contributed by atoms with E-state index in [0.29, 0.717) is 12.0 Å². The van der Waals surface area contributed by atoms with Gasteiger partial charge in [0.05, 0.1) is 11.5 Å². The van der Waals surface area contributed by atoms with E-state index in [1.54, 1.807) is 0 Å². The number of Topliss-reactive ketones (excluding diaryl/α,β-unsaturated/α-hetero) is 2. The smallest absolute Gasteiger partial charge is 0.205 e. The average Bonchev–Trinajstić information content (AvgIpc) is 2.94. The van der Waals surface area contributed by atoms with E-state index in [0.717, 1.165) is 12.8 Å². The van der Waals surface area contributed by atoms with Gasteiger partial charge in [-0.2, -0.15) is 0 Å². The summed E-state index contributed by atoms with van der Waals surface area (Å²) in [6.45, 7) is 0. The van der Waals surface area contributed by atoms with Crippen molar-refractivity contribution in [2.75, 3.05) is 11.5 Å². The number of hydrogen-bond donors (Lipinski definition) is 0. The zero-order valence-electron chi connectivity index (χ0n) is 7.02. The molecule has 0 amide bonds. The van der Waals surface area contributed by atoms with Crippen molar-refractivity contribution >= 4 is 39.4 Å². The normalized spacial score (nSPS) is 15.4. The van der Waals surface area contributed by atoms with Crippen molar-refractivity contribution in [3.05, 3.63) is 0 Å². The molecule has 1 rings (SSSR count). The van der Waals surface area contributed by atoms with Crippen LogP contribution in [-0.4, -0.2) is 29.4 Å². The molecule has 1 saturated carbocycles. The van der Waals surface area contributed by atoms with Crippen LogP contribution >= 0.6 is 21.6 Å². The third-order valence-electron chi connectivity index (χ3n) is 1.65. The monoisotopic (exact) mass is 218 g/mol. The highest BCUT2D eigenvalue weighted by atomic mass is 33.1. The van der Waals surface area contributed by atoms with Gasteiger partial charge in [0.1, 0.15) is 5.78 Å². The molecule has 0 unspecified atom stereocenters. The molecule has 13 heavy (non-hydrogen) atoms. The Hall–Kier alpha value is -0.290. The Balaban J connectivity index is 1.97. The zero-order valence-corrected chi connectivity index (χ0v) is 8.66. The van der Waals surface area contributed by atoms with E-state index in [9.17, 15) is 14.4 Å². The third-order valence-corrected chi connectivity index (χ3v) is 3.83. The Bertz CT molecular complexity index is 223. The van der Waals surface area contributed by atoms with Crippen molar-refractivity contribution in [1.82, 2.24) is 0 Å². The summed E-state index contributed by atoms with van der Waals surface area (Å²) in [5.41, 5.74) is 0. The summed E-state index contributed by atoms with van der Waals surface area (Å²) in [5, 5.41) is 0. The maximum Gasteiger partial charge on any atom is 0.205 e. The Morgan fingerprint density at radius 1 is 1.23 bits per heavy atom. The molecule has 0 radical (unpaired) electrons. The van der Waals surface area contributed by atoms with Crippen LogP contribution in [0.1, 0.15) is 12.8 Å². The summed E-state index contributed by atoms with van der Waals surface area (Å²) in [6, 6.07) is 0. The van der Waals surface area contributed by atoms with Gasteiger partial charge in [-0.1, -0.05) is 21.6 Å². The highest BCUT2D eigenvalue weighted by molar-refractivity contribution is 8.77. The lowest BCUT2D eigenvalue weighted by Gasteiger charge is -1.96. The first-order valence-corrected chi connectivity index (χ1v) is 6.48. The molecule has 0 N–H and O–H groups in total. The minimum absolute atomic E-state index is 0.173. The van der Waals surface area contributed by atoms with Gasteiger partial charge in [0.2, 0.25) is 5.78 Å². The summed E-state index contributed by atoms with van der Waals surface area (Å²) >= 11 is 0. The van der Waals surface area contributed by atoms with Gasteiger partial charge in [-0.25, -0.2) is 0 Å². The zero-order chi connectivity index (χ0) is 9.68. The van der Waals surface area contributed by atoms with Crippen molar-refractivity contribution in [3.8, 4) is 0 Å². The second kappa shape index (κ2) is 5.44. The molecule has 1 aliphatic rings. The summed E-state index contributed by atoms with van der Waals surface area (Å²) in [4.78, 5) is 31.6. The highest BCUT2D eigenvalue weighted by Crippen LogP contribution is 2.32. The van der Waals surface area contributed by atoms with Gasteiger partial charge in [-0.05, 0) is 12.8 Å². The first-order valence-electron chi connectivity index (χ1n) is 3.99. The second-order valence-electron chi connectivity index (χ2n) is 2.85. The first kappa shape index (κ1) is 10.8. The van der Waals surface area contributed by atoms with Crippen LogP contribution in [0.25, 0.3) is 0 Å². The SMILES string of the molecule is O=CC(=O)CSSCC(=O)C1CC1. The molecule has 0 aromatic carbocycles. The van der Waals surface area contributed by atoms with Crippen molar-refractivity contribution < 1.29 is 14.4 Å². The lowest BCUT2D eigenvalue weighted by Crippen LogP contribution is -2.04. The van der Waals surface area contributed by atoms with Crippen molar-refractivity contribution in [1.29, 1.82) is 0 Å². The predicted octanol–water partition coefficient (Wildman–Crippen LogP) is 1.11. The summed E-state index contributed by atoms with van der Waals surface area (Å²) in [6.07, 6.45) is 2.37. The summed E-state index contributed by atoms with van der Waals surface area (Å²) in [7, 11) is 2.64. The van der Waals surface area contributed by atoms with Gasteiger partial charge in [-0.3, -0.25) is 14.4 Å². The number of carbonyl (C=O) groups is 3. The number of rotatable bonds is 7. The fourth-order valence-electron chi connectivity index (χ4n) is 0.757. The molecule has 0 atom stereocenters. The third kappa shape index (κ3) is 4.47. The number of aldehydes is 1. The fourth-order valence-corrected chi connectivity index (χ4v) is 2.66. The van der Waals surface area contributed by atoms with Crippen LogP contribution in [0.4, 0.5) is 0 Å². The van der Waals surface area contributed by atoms with Gasteiger partial charge in [-0.15, -0.1) is 0 Å². The molecule has 0 aromatic heterocycles. The van der Waals surface area contributed by atoms with Crippen LogP contribution < -0.4 is 0 Å². The van der Waals surface area contributed by atoms with E-state index in [2.05, 4.69) is 0 Å². The average molecular weight is 218 g/mol. The second-order valence-corrected chi connectivity index (χ2v) is 5.31. The Labute approximate surface area is 84.4 Å². The lowest BCUT2D eigenvalue weighted by atomic mass is 10.3. The molecular weight excluding hydrogens is 208 g/mol. The fraction of sp³-hybridized carbons (Fsp3) is 0.625. The molecule has 0 bridgehead atoms. The van der Waals surface area contributed by atoms with Crippen molar-refractivity contribution in [2.24, 2.45) is 5.92 Å². The quantitative estimate of drug-likeness (QED) is 0.277. The maximum atomic E-state index is 11.1. The van der Waals surface area contributed by atoms with Gasteiger partial charge in [0.15, 0.2) is 6.29 Å². The molecular formula is C8H10O3S2. The molecule has 1 fully saturated rings. The Morgan fingerprint density at radius 3 is 2.38 bits per heavy atom. The van der Waals surface area contributed by atoms with Crippen LogP contribution in [0.2, 0.25) is 0 Å². The molecule has 0 heterocycles. The van der Waals surface area contributed by atoms with Gasteiger partial charge < -0.3 is 0 Å². The molecule has 5 heteroatoms. The summed E-state index contributed by atoms with van der Waals surface area (Å²) in [5.74, 6) is 0.774. The van der Waals surface area contributed by atoms with Gasteiger partial charge >= 0.3 is 0 Å². The Kier molecular flexibility index (Phi) is 4.52. The number of hydrogen-bond acceptors (Lipinski definition) is 5. The van der Waals surface area contributed by atoms with Crippen molar-refractivity contribution in [2.45, 2.75) is 12.8 Å². The van der Waals surface area contributed by atoms with Crippen LogP contribution in [0.3, 0.4) is 0 Å². The molecule has 3 nitrogen and oxygen atoms in total. The van der Waals surface area contributed by atoms with E-state index in [-0.39, 0.29) is 17.5 Å². The van der Waals surface area contributed by atoms with Crippen LogP contribution in [-0.2, 0) is 14.4 Å². The molecule has 0 aliphatic heterocycles. The van der Waals surface area contributed by atoms with E-state index in [1.165, 1.54) is 21.6 Å². The van der Waals surface area contributed by atoms with Crippen molar-refractivity contribution in [3.63, 3.8) is 0 Å². The largest absolute Gasteiger partial charge is 0.298 e. The molecule has 0 aromatic rings. The molecule has 72 valence electrons. The number of ketones is 2. The van der Waals surface area contributed by atoms with Gasteiger partial charge in [0.25, 0.3) is 0 Å².